The second-order valence-electron chi connectivity index (χ2n) is 4.47. The van der Waals surface area contributed by atoms with E-state index < -0.39 is 16.8 Å². The second kappa shape index (κ2) is 4.85. The molecule has 0 saturated heterocycles. The SMILES string of the molecule is O=C(O)c1cc(-c2ccc([N+](=O)[O-])o2)c2ccccc2[n+]1O. The zero-order valence-corrected chi connectivity index (χ0v) is 11.0. The number of nitro groups is 1. The molecular weight excluding hydrogens is 292 g/mol. The predicted molar refractivity (Wildman–Crippen MR) is 72.6 cm³/mol. The fourth-order valence-corrected chi connectivity index (χ4v) is 2.22. The number of benzene rings is 1. The van der Waals surface area contributed by atoms with E-state index >= 15 is 0 Å². The van der Waals surface area contributed by atoms with E-state index in [1.165, 1.54) is 24.3 Å². The van der Waals surface area contributed by atoms with Crippen LogP contribution in [-0.2, 0) is 0 Å². The van der Waals surface area contributed by atoms with Crippen molar-refractivity contribution in [1.29, 1.82) is 0 Å². The van der Waals surface area contributed by atoms with Gasteiger partial charge in [-0.15, -0.1) is 0 Å². The number of hydrogen-bond donors (Lipinski definition) is 2. The van der Waals surface area contributed by atoms with Gasteiger partial charge in [-0.05, 0) is 12.1 Å². The summed E-state index contributed by atoms with van der Waals surface area (Å²) < 4.78 is 5.69. The molecule has 8 heteroatoms. The molecule has 0 atom stereocenters. The summed E-state index contributed by atoms with van der Waals surface area (Å²) >= 11 is 0. The summed E-state index contributed by atoms with van der Waals surface area (Å²) in [5.41, 5.74) is 0.204. The number of para-hydroxylation sites is 1. The van der Waals surface area contributed by atoms with Crippen LogP contribution in [0.1, 0.15) is 10.5 Å². The average Bonchev–Trinajstić information content (AvgIpc) is 2.97. The maximum Gasteiger partial charge on any atom is 0.433 e. The molecule has 110 valence electrons. The number of pyridine rings is 1. The molecular formula is C14H9N2O6+. The lowest BCUT2D eigenvalue weighted by Gasteiger charge is -2.02. The Balaban J connectivity index is 2.34. The molecule has 0 unspecified atom stereocenters. The summed E-state index contributed by atoms with van der Waals surface area (Å²) in [4.78, 5) is 21.3. The molecule has 0 aliphatic rings. The highest BCUT2D eigenvalue weighted by Gasteiger charge is 2.27. The van der Waals surface area contributed by atoms with E-state index in [0.29, 0.717) is 15.7 Å². The first kappa shape index (κ1) is 13.6. The third-order valence-corrected chi connectivity index (χ3v) is 3.19. The van der Waals surface area contributed by atoms with Gasteiger partial charge < -0.3 is 9.52 Å². The summed E-state index contributed by atoms with van der Waals surface area (Å²) in [7, 11) is 0. The maximum atomic E-state index is 11.2. The molecule has 0 radical (unpaired) electrons. The van der Waals surface area contributed by atoms with Crippen molar-refractivity contribution in [3.8, 4) is 11.3 Å². The highest BCUT2D eigenvalue weighted by atomic mass is 16.6. The van der Waals surface area contributed by atoms with Crippen LogP contribution in [0.4, 0.5) is 5.88 Å². The first-order valence-electron chi connectivity index (χ1n) is 6.14. The summed E-state index contributed by atoms with van der Waals surface area (Å²) in [6.45, 7) is 0. The van der Waals surface area contributed by atoms with E-state index in [9.17, 15) is 25.2 Å². The van der Waals surface area contributed by atoms with Gasteiger partial charge in [0, 0.05) is 22.4 Å². The van der Waals surface area contributed by atoms with Gasteiger partial charge in [-0.25, -0.2) is 4.79 Å². The van der Waals surface area contributed by atoms with Crippen LogP contribution in [0.3, 0.4) is 0 Å². The van der Waals surface area contributed by atoms with E-state index in [4.69, 9.17) is 4.42 Å². The van der Waals surface area contributed by atoms with Crippen molar-refractivity contribution >= 4 is 22.8 Å². The van der Waals surface area contributed by atoms with Crippen molar-refractivity contribution in [2.45, 2.75) is 0 Å². The summed E-state index contributed by atoms with van der Waals surface area (Å²) in [5, 5.41) is 30.4. The third-order valence-electron chi connectivity index (χ3n) is 3.19. The zero-order chi connectivity index (χ0) is 15.9. The number of aromatic nitrogens is 1. The lowest BCUT2D eigenvalue weighted by molar-refractivity contribution is -0.886. The Morgan fingerprint density at radius 3 is 2.59 bits per heavy atom. The van der Waals surface area contributed by atoms with Crippen LogP contribution in [0.25, 0.3) is 22.2 Å². The first-order valence-corrected chi connectivity index (χ1v) is 6.14. The van der Waals surface area contributed by atoms with Gasteiger partial charge in [-0.1, -0.05) is 12.1 Å². The molecule has 0 aliphatic heterocycles. The van der Waals surface area contributed by atoms with Crippen molar-refractivity contribution in [3.63, 3.8) is 0 Å². The Hall–Kier alpha value is -3.42. The highest BCUT2D eigenvalue weighted by molar-refractivity contribution is 5.95. The number of hydrogen-bond acceptors (Lipinski definition) is 5. The number of fused-ring (bicyclic) bond motifs is 1. The van der Waals surface area contributed by atoms with Gasteiger partial charge in [0.15, 0.2) is 0 Å². The van der Waals surface area contributed by atoms with Gasteiger partial charge in [0.05, 0.1) is 11.5 Å². The first-order chi connectivity index (χ1) is 10.5. The quantitative estimate of drug-likeness (QED) is 0.331. The second-order valence-corrected chi connectivity index (χ2v) is 4.47. The van der Waals surface area contributed by atoms with Crippen molar-refractivity contribution in [1.82, 2.24) is 0 Å². The number of carbonyl (C=O) groups is 1. The smallest absolute Gasteiger partial charge is 0.433 e. The molecule has 2 aromatic heterocycles. The molecule has 2 heterocycles. The number of rotatable bonds is 3. The fourth-order valence-electron chi connectivity index (χ4n) is 2.22. The molecule has 0 spiro atoms. The average molecular weight is 301 g/mol. The molecule has 2 N–H and O–H groups in total. The molecule has 8 nitrogen and oxygen atoms in total. The van der Waals surface area contributed by atoms with Crippen LogP contribution in [0.15, 0.2) is 46.9 Å². The topological polar surface area (TPSA) is 118 Å². The summed E-state index contributed by atoms with van der Waals surface area (Å²) in [6, 6.07) is 10.3. The largest absolute Gasteiger partial charge is 0.473 e. The molecule has 0 fully saturated rings. The Kier molecular flexibility index (Phi) is 2.99. The number of carboxylic acids is 1. The van der Waals surface area contributed by atoms with Crippen LogP contribution < -0.4 is 4.73 Å². The van der Waals surface area contributed by atoms with Crippen LogP contribution in [0, 0.1) is 10.1 Å². The zero-order valence-electron chi connectivity index (χ0n) is 11.0. The fraction of sp³-hybridized carbons (Fsp3) is 0. The minimum Gasteiger partial charge on any atom is -0.473 e. The van der Waals surface area contributed by atoms with Crippen molar-refractivity contribution in [2.24, 2.45) is 0 Å². The molecule has 22 heavy (non-hydrogen) atoms. The predicted octanol–water partition coefficient (Wildman–Crippen LogP) is 2.23. The van der Waals surface area contributed by atoms with Crippen molar-refractivity contribution in [2.75, 3.05) is 0 Å². The van der Waals surface area contributed by atoms with Gasteiger partial charge in [0.2, 0.25) is 0 Å². The molecule has 0 amide bonds. The van der Waals surface area contributed by atoms with Crippen LogP contribution in [-0.4, -0.2) is 21.2 Å². The van der Waals surface area contributed by atoms with E-state index in [0.717, 1.165) is 0 Å². The van der Waals surface area contributed by atoms with Crippen molar-refractivity contribution < 1.29 is 29.2 Å². The van der Waals surface area contributed by atoms with Gasteiger partial charge >= 0.3 is 17.5 Å². The minimum atomic E-state index is -1.34. The van der Waals surface area contributed by atoms with Crippen LogP contribution in [0.5, 0.6) is 0 Å². The van der Waals surface area contributed by atoms with Crippen LogP contribution in [0.2, 0.25) is 0 Å². The van der Waals surface area contributed by atoms with Gasteiger partial charge in [-0.3, -0.25) is 15.3 Å². The van der Waals surface area contributed by atoms with Gasteiger partial charge in [0.25, 0.3) is 5.52 Å². The van der Waals surface area contributed by atoms with E-state index in [2.05, 4.69) is 0 Å². The normalized spacial score (nSPS) is 10.7. The summed E-state index contributed by atoms with van der Waals surface area (Å²) in [5.74, 6) is -1.64. The van der Waals surface area contributed by atoms with Gasteiger partial charge in [-0.2, -0.15) is 0 Å². The van der Waals surface area contributed by atoms with E-state index in [1.54, 1.807) is 18.2 Å². The monoisotopic (exact) mass is 301 g/mol. The molecule has 1 aromatic carbocycles. The Labute approximate surface area is 122 Å². The molecule has 3 aromatic rings. The third kappa shape index (κ3) is 2.03. The number of furan rings is 1. The number of aromatic carboxylic acids is 1. The Morgan fingerprint density at radius 1 is 1.23 bits per heavy atom. The van der Waals surface area contributed by atoms with Crippen LogP contribution >= 0.6 is 0 Å². The highest BCUT2D eigenvalue weighted by Crippen LogP contribution is 2.31. The molecule has 0 aliphatic carbocycles. The van der Waals surface area contributed by atoms with Crippen molar-refractivity contribution in [3.05, 3.63) is 58.3 Å². The minimum absolute atomic E-state index is 0.144. The molecule has 0 saturated carbocycles. The Bertz CT molecular complexity index is 915. The molecule has 0 bridgehead atoms. The molecule has 3 rings (SSSR count). The lowest BCUT2D eigenvalue weighted by atomic mass is 10.1. The standard InChI is InChI=1S/C14H8N2O6/c17-14(18)11-7-9(12-5-6-13(22-12)16(20)21)8-3-1-2-4-10(8)15(11)19/h1-7H,(H-,17,18,19)/p+1. The maximum absolute atomic E-state index is 11.2. The van der Waals surface area contributed by atoms with Gasteiger partial charge in [0.1, 0.15) is 10.7 Å². The summed E-state index contributed by atoms with van der Waals surface area (Å²) in [6.07, 6.45) is 0. The van der Waals surface area contributed by atoms with E-state index in [-0.39, 0.29) is 17.0 Å². The van der Waals surface area contributed by atoms with E-state index in [1.807, 2.05) is 0 Å². The number of nitrogens with zero attached hydrogens (tertiary/aromatic N) is 2. The lowest BCUT2D eigenvalue weighted by Crippen LogP contribution is -2.38. The Morgan fingerprint density at radius 2 is 1.95 bits per heavy atom. The number of carboxylic acid groups (broad SMARTS) is 1.